The summed E-state index contributed by atoms with van der Waals surface area (Å²) in [5, 5.41) is 2.79. The van der Waals surface area contributed by atoms with Crippen molar-refractivity contribution >= 4 is 11.8 Å². The van der Waals surface area contributed by atoms with E-state index in [1.54, 1.807) is 12.1 Å². The van der Waals surface area contributed by atoms with Crippen LogP contribution in [-0.2, 0) is 4.79 Å². The first-order valence-corrected chi connectivity index (χ1v) is 8.27. The number of hydrogen-bond donors (Lipinski definition) is 2. The molecular weight excluding hydrogens is 326 g/mol. The minimum absolute atomic E-state index is 0.368. The SMILES string of the molecule is NC(=O)[C@@H](NC(=O)c1ccncc1)C(c1ccccc1)c1ccccc1. The first-order chi connectivity index (χ1) is 12.7. The molecule has 0 saturated carbocycles. The Bertz CT molecular complexity index is 828. The Morgan fingerprint density at radius 2 is 1.31 bits per heavy atom. The lowest BCUT2D eigenvalue weighted by Gasteiger charge is -2.26. The molecule has 130 valence electrons. The molecular formula is C21H19N3O2. The van der Waals surface area contributed by atoms with Crippen LogP contribution in [0.1, 0.15) is 27.4 Å². The fraction of sp³-hybridized carbons (Fsp3) is 0.0952. The number of aromatic nitrogens is 1. The molecule has 3 N–H and O–H groups in total. The van der Waals surface area contributed by atoms with E-state index in [-0.39, 0.29) is 11.8 Å². The van der Waals surface area contributed by atoms with Crippen molar-refractivity contribution in [2.75, 3.05) is 0 Å². The van der Waals surface area contributed by atoms with E-state index >= 15 is 0 Å². The van der Waals surface area contributed by atoms with E-state index in [9.17, 15) is 9.59 Å². The number of rotatable bonds is 6. The quantitative estimate of drug-likeness (QED) is 0.720. The topological polar surface area (TPSA) is 85.1 Å². The van der Waals surface area contributed by atoms with Crippen molar-refractivity contribution < 1.29 is 9.59 Å². The maximum atomic E-state index is 12.6. The molecule has 0 aliphatic carbocycles. The summed E-state index contributed by atoms with van der Waals surface area (Å²) in [6.07, 6.45) is 3.06. The van der Waals surface area contributed by atoms with Gasteiger partial charge in [0.2, 0.25) is 5.91 Å². The molecule has 0 bridgehead atoms. The molecule has 1 atom stereocenters. The van der Waals surface area contributed by atoms with E-state index in [0.29, 0.717) is 5.56 Å². The van der Waals surface area contributed by atoms with E-state index in [1.807, 2.05) is 60.7 Å². The molecule has 0 aliphatic heterocycles. The van der Waals surface area contributed by atoms with Gasteiger partial charge in [-0.25, -0.2) is 0 Å². The lowest BCUT2D eigenvalue weighted by atomic mass is 9.84. The van der Waals surface area contributed by atoms with Crippen LogP contribution in [0.15, 0.2) is 85.2 Å². The number of carbonyl (C=O) groups is 2. The van der Waals surface area contributed by atoms with Crippen molar-refractivity contribution in [3.8, 4) is 0 Å². The minimum Gasteiger partial charge on any atom is -0.368 e. The number of carbonyl (C=O) groups excluding carboxylic acids is 2. The fourth-order valence-electron chi connectivity index (χ4n) is 2.94. The Morgan fingerprint density at radius 3 is 1.77 bits per heavy atom. The van der Waals surface area contributed by atoms with Gasteiger partial charge < -0.3 is 11.1 Å². The summed E-state index contributed by atoms with van der Waals surface area (Å²) in [5.41, 5.74) is 7.90. The highest BCUT2D eigenvalue weighted by Gasteiger charge is 2.31. The van der Waals surface area contributed by atoms with Crippen molar-refractivity contribution in [3.05, 3.63) is 102 Å². The number of nitrogens with one attached hydrogen (secondary N) is 1. The van der Waals surface area contributed by atoms with Crippen LogP contribution in [0.3, 0.4) is 0 Å². The highest BCUT2D eigenvalue weighted by Crippen LogP contribution is 2.28. The van der Waals surface area contributed by atoms with Gasteiger partial charge in [-0.05, 0) is 23.3 Å². The second-order valence-corrected chi connectivity index (χ2v) is 5.89. The van der Waals surface area contributed by atoms with Gasteiger partial charge in [0.05, 0.1) is 0 Å². The standard InChI is InChI=1S/C21H19N3O2/c22-20(25)19(24-21(26)17-11-13-23-14-12-17)18(15-7-3-1-4-8-15)16-9-5-2-6-10-16/h1-14,18-19H,(H2,22,25)(H,24,26)/t19-/m0/s1. The highest BCUT2D eigenvalue weighted by atomic mass is 16.2. The van der Waals surface area contributed by atoms with Gasteiger partial charge in [-0.1, -0.05) is 60.7 Å². The second-order valence-electron chi connectivity index (χ2n) is 5.89. The zero-order chi connectivity index (χ0) is 18.4. The van der Waals surface area contributed by atoms with Gasteiger partial charge >= 0.3 is 0 Å². The lowest BCUT2D eigenvalue weighted by molar-refractivity contribution is -0.120. The summed E-state index contributed by atoms with van der Waals surface area (Å²) >= 11 is 0. The van der Waals surface area contributed by atoms with Gasteiger partial charge in [-0.3, -0.25) is 14.6 Å². The van der Waals surface area contributed by atoms with Gasteiger partial charge in [0.25, 0.3) is 5.91 Å². The van der Waals surface area contributed by atoms with Crippen LogP contribution in [0.4, 0.5) is 0 Å². The van der Waals surface area contributed by atoms with E-state index < -0.39 is 11.9 Å². The summed E-state index contributed by atoms with van der Waals surface area (Å²) in [6.45, 7) is 0. The molecule has 2 aromatic carbocycles. The first kappa shape index (κ1) is 17.4. The molecule has 0 fully saturated rings. The zero-order valence-corrected chi connectivity index (χ0v) is 14.1. The smallest absolute Gasteiger partial charge is 0.252 e. The number of nitrogens with zero attached hydrogens (tertiary/aromatic N) is 1. The summed E-state index contributed by atoms with van der Waals surface area (Å²) < 4.78 is 0. The predicted octanol–water partition coefficient (Wildman–Crippen LogP) is 2.50. The Morgan fingerprint density at radius 1 is 0.808 bits per heavy atom. The van der Waals surface area contributed by atoms with Crippen LogP contribution in [0.5, 0.6) is 0 Å². The molecule has 1 heterocycles. The van der Waals surface area contributed by atoms with E-state index in [2.05, 4.69) is 10.3 Å². The van der Waals surface area contributed by atoms with Crippen LogP contribution in [0.2, 0.25) is 0 Å². The fourth-order valence-corrected chi connectivity index (χ4v) is 2.94. The number of amides is 2. The molecule has 0 saturated heterocycles. The molecule has 5 heteroatoms. The summed E-state index contributed by atoms with van der Waals surface area (Å²) in [6, 6.07) is 21.4. The number of hydrogen-bond acceptors (Lipinski definition) is 3. The Hall–Kier alpha value is -3.47. The molecule has 2 amide bonds. The van der Waals surface area contributed by atoms with Gasteiger partial charge in [-0.15, -0.1) is 0 Å². The normalized spacial score (nSPS) is 11.7. The van der Waals surface area contributed by atoms with Gasteiger partial charge in [0.1, 0.15) is 6.04 Å². The largest absolute Gasteiger partial charge is 0.368 e. The van der Waals surface area contributed by atoms with E-state index in [4.69, 9.17) is 5.73 Å². The number of pyridine rings is 1. The summed E-state index contributed by atoms with van der Waals surface area (Å²) in [5.74, 6) is -1.35. The Balaban J connectivity index is 1.99. The molecule has 0 radical (unpaired) electrons. The number of benzene rings is 2. The predicted molar refractivity (Wildman–Crippen MR) is 99.4 cm³/mol. The molecule has 0 aliphatic rings. The van der Waals surface area contributed by atoms with E-state index in [1.165, 1.54) is 12.4 Å². The molecule has 3 aromatic rings. The minimum atomic E-state index is -0.888. The summed E-state index contributed by atoms with van der Waals surface area (Å²) in [4.78, 5) is 28.7. The monoisotopic (exact) mass is 345 g/mol. The highest BCUT2D eigenvalue weighted by molar-refractivity contribution is 5.97. The number of nitrogens with two attached hydrogens (primary N) is 1. The summed E-state index contributed by atoms with van der Waals surface area (Å²) in [7, 11) is 0. The van der Waals surface area contributed by atoms with Gasteiger partial charge in [0, 0.05) is 23.9 Å². The third kappa shape index (κ3) is 3.95. The lowest BCUT2D eigenvalue weighted by Crippen LogP contribution is -2.48. The maximum absolute atomic E-state index is 12.6. The molecule has 5 nitrogen and oxygen atoms in total. The molecule has 26 heavy (non-hydrogen) atoms. The zero-order valence-electron chi connectivity index (χ0n) is 14.1. The first-order valence-electron chi connectivity index (χ1n) is 8.27. The van der Waals surface area contributed by atoms with Crippen LogP contribution >= 0.6 is 0 Å². The molecule has 1 aromatic heterocycles. The third-order valence-electron chi connectivity index (χ3n) is 4.19. The third-order valence-corrected chi connectivity index (χ3v) is 4.19. The molecule has 0 unspecified atom stereocenters. The van der Waals surface area contributed by atoms with Crippen molar-refractivity contribution in [3.63, 3.8) is 0 Å². The number of primary amides is 1. The van der Waals surface area contributed by atoms with Gasteiger partial charge in [-0.2, -0.15) is 0 Å². The average Bonchev–Trinajstić information content (AvgIpc) is 2.69. The molecule has 0 spiro atoms. The average molecular weight is 345 g/mol. The molecule has 3 rings (SSSR count). The second kappa shape index (κ2) is 8.07. The van der Waals surface area contributed by atoms with Crippen molar-refractivity contribution in [1.82, 2.24) is 10.3 Å². The van der Waals surface area contributed by atoms with Crippen LogP contribution < -0.4 is 11.1 Å². The van der Waals surface area contributed by atoms with Crippen molar-refractivity contribution in [1.29, 1.82) is 0 Å². The van der Waals surface area contributed by atoms with Crippen LogP contribution in [0.25, 0.3) is 0 Å². The Labute approximate surface area is 151 Å². The van der Waals surface area contributed by atoms with Gasteiger partial charge in [0.15, 0.2) is 0 Å². The Kier molecular flexibility index (Phi) is 5.39. The van der Waals surface area contributed by atoms with Crippen LogP contribution in [0, 0.1) is 0 Å². The van der Waals surface area contributed by atoms with Crippen LogP contribution in [-0.4, -0.2) is 22.8 Å². The van der Waals surface area contributed by atoms with E-state index in [0.717, 1.165) is 11.1 Å². The maximum Gasteiger partial charge on any atom is 0.252 e. The van der Waals surface area contributed by atoms with Crippen molar-refractivity contribution in [2.24, 2.45) is 5.73 Å². The van der Waals surface area contributed by atoms with Crippen molar-refractivity contribution in [2.45, 2.75) is 12.0 Å².